The molecule has 1 amide bonds. The van der Waals surface area contributed by atoms with E-state index in [0.29, 0.717) is 13.2 Å². The molecule has 1 fully saturated rings. The van der Waals surface area contributed by atoms with Crippen LogP contribution in [0.3, 0.4) is 0 Å². The highest BCUT2D eigenvalue weighted by Crippen LogP contribution is 2.15. The van der Waals surface area contributed by atoms with Gasteiger partial charge >= 0.3 is 0 Å². The molecule has 0 aromatic rings. The van der Waals surface area contributed by atoms with Crippen molar-refractivity contribution in [3.63, 3.8) is 0 Å². The van der Waals surface area contributed by atoms with E-state index in [4.69, 9.17) is 4.74 Å². The van der Waals surface area contributed by atoms with Crippen molar-refractivity contribution in [2.45, 2.75) is 12.5 Å². The molecule has 16 heavy (non-hydrogen) atoms. The van der Waals surface area contributed by atoms with Crippen molar-refractivity contribution in [3.8, 4) is 0 Å². The van der Waals surface area contributed by atoms with Gasteiger partial charge in [0.1, 0.15) is 0 Å². The molecular formula is C11H23N3O2. The summed E-state index contributed by atoms with van der Waals surface area (Å²) >= 11 is 0. The molecule has 0 aromatic carbocycles. The van der Waals surface area contributed by atoms with Crippen LogP contribution in [0.15, 0.2) is 0 Å². The Labute approximate surface area is 97.5 Å². The Morgan fingerprint density at radius 1 is 1.44 bits per heavy atom. The maximum absolute atomic E-state index is 12.1. The molecule has 2 N–H and O–H groups in total. The second-order valence-corrected chi connectivity index (χ2v) is 4.26. The van der Waals surface area contributed by atoms with Crippen LogP contribution in [0.4, 0.5) is 0 Å². The molecule has 0 radical (unpaired) electrons. The summed E-state index contributed by atoms with van der Waals surface area (Å²) in [6.45, 7) is 2.92. The molecule has 1 saturated heterocycles. The summed E-state index contributed by atoms with van der Waals surface area (Å²) < 4.78 is 5.34. The number of likely N-dealkylation sites (N-methyl/N-ethyl adjacent to an activating group) is 1. The summed E-state index contributed by atoms with van der Waals surface area (Å²) in [5, 5.41) is 6.21. The zero-order valence-corrected chi connectivity index (χ0v) is 10.5. The molecule has 1 heterocycles. The first-order chi connectivity index (χ1) is 7.70. The largest absolute Gasteiger partial charge is 0.379 e. The van der Waals surface area contributed by atoms with Crippen LogP contribution in [0, 0.1) is 5.92 Å². The quantitative estimate of drug-likeness (QED) is 0.591. The van der Waals surface area contributed by atoms with Gasteiger partial charge in [-0.15, -0.1) is 0 Å². The number of ether oxygens (including phenoxy) is 1. The van der Waals surface area contributed by atoms with E-state index in [1.165, 1.54) is 0 Å². The molecule has 0 spiro atoms. The summed E-state index contributed by atoms with van der Waals surface area (Å²) in [4.78, 5) is 13.9. The van der Waals surface area contributed by atoms with Crippen molar-refractivity contribution >= 4 is 5.91 Å². The summed E-state index contributed by atoms with van der Waals surface area (Å²) in [6.07, 6.45) is 0.983. The standard InChI is InChI=1S/C11H23N3O2/c1-12-5-4-6-14(3)11(15)9-7-16-8-10(9)13-2/h9-10,12-13H,4-8H2,1-3H3. The Bertz CT molecular complexity index is 223. The number of nitrogens with zero attached hydrogens (tertiary/aromatic N) is 1. The van der Waals surface area contributed by atoms with Crippen LogP contribution in [-0.4, -0.2) is 64.3 Å². The molecule has 2 unspecified atom stereocenters. The molecule has 0 aromatic heterocycles. The fourth-order valence-electron chi connectivity index (χ4n) is 1.97. The van der Waals surface area contributed by atoms with E-state index in [2.05, 4.69) is 10.6 Å². The highest BCUT2D eigenvalue weighted by molar-refractivity contribution is 5.79. The van der Waals surface area contributed by atoms with Gasteiger partial charge in [-0.3, -0.25) is 4.79 Å². The molecule has 0 bridgehead atoms. The van der Waals surface area contributed by atoms with E-state index < -0.39 is 0 Å². The third kappa shape index (κ3) is 3.43. The number of carbonyl (C=O) groups is 1. The molecule has 0 aliphatic carbocycles. The van der Waals surface area contributed by atoms with Crippen LogP contribution in [0.2, 0.25) is 0 Å². The van der Waals surface area contributed by atoms with Gasteiger partial charge < -0.3 is 20.3 Å². The predicted octanol–water partition coefficient (Wildman–Crippen LogP) is -0.711. The molecule has 1 aliphatic heterocycles. The highest BCUT2D eigenvalue weighted by Gasteiger charge is 2.34. The van der Waals surface area contributed by atoms with Gasteiger partial charge in [0.25, 0.3) is 0 Å². The first-order valence-corrected chi connectivity index (χ1v) is 5.85. The Kier molecular flexibility index (Phi) is 5.73. The Morgan fingerprint density at radius 3 is 2.81 bits per heavy atom. The summed E-state index contributed by atoms with van der Waals surface area (Å²) in [5.41, 5.74) is 0. The van der Waals surface area contributed by atoms with Crippen molar-refractivity contribution in [2.75, 3.05) is 47.4 Å². The molecule has 94 valence electrons. The number of nitrogens with one attached hydrogen (secondary N) is 2. The van der Waals surface area contributed by atoms with Crippen molar-refractivity contribution < 1.29 is 9.53 Å². The van der Waals surface area contributed by atoms with Gasteiger partial charge in [0.2, 0.25) is 5.91 Å². The lowest BCUT2D eigenvalue weighted by molar-refractivity contribution is -0.134. The molecular weight excluding hydrogens is 206 g/mol. The summed E-state index contributed by atoms with van der Waals surface area (Å²) in [5.74, 6) is 0.164. The second kappa shape index (κ2) is 6.83. The molecule has 1 rings (SSSR count). The van der Waals surface area contributed by atoms with Gasteiger partial charge in [0.15, 0.2) is 0 Å². The van der Waals surface area contributed by atoms with Crippen LogP contribution in [0.1, 0.15) is 6.42 Å². The van der Waals surface area contributed by atoms with Crippen molar-refractivity contribution in [3.05, 3.63) is 0 Å². The highest BCUT2D eigenvalue weighted by atomic mass is 16.5. The second-order valence-electron chi connectivity index (χ2n) is 4.26. The third-order valence-corrected chi connectivity index (χ3v) is 3.07. The van der Waals surface area contributed by atoms with Crippen molar-refractivity contribution in [1.29, 1.82) is 0 Å². The normalized spacial score (nSPS) is 24.7. The maximum Gasteiger partial charge on any atom is 0.229 e. The molecule has 5 nitrogen and oxygen atoms in total. The predicted molar refractivity (Wildman–Crippen MR) is 63.3 cm³/mol. The number of hydrogen-bond acceptors (Lipinski definition) is 4. The van der Waals surface area contributed by atoms with Crippen molar-refractivity contribution in [1.82, 2.24) is 15.5 Å². The summed E-state index contributed by atoms with van der Waals surface area (Å²) in [7, 11) is 5.66. The zero-order chi connectivity index (χ0) is 12.0. The van der Waals surface area contributed by atoms with Crippen LogP contribution >= 0.6 is 0 Å². The third-order valence-electron chi connectivity index (χ3n) is 3.07. The van der Waals surface area contributed by atoms with Gasteiger partial charge in [-0.2, -0.15) is 0 Å². The molecule has 1 aliphatic rings. The lowest BCUT2D eigenvalue weighted by Crippen LogP contribution is -2.43. The van der Waals surface area contributed by atoms with E-state index in [-0.39, 0.29) is 17.9 Å². The van der Waals surface area contributed by atoms with E-state index in [0.717, 1.165) is 19.5 Å². The molecule has 0 saturated carbocycles. The Hall–Kier alpha value is -0.650. The van der Waals surface area contributed by atoms with E-state index in [9.17, 15) is 4.79 Å². The fourth-order valence-corrected chi connectivity index (χ4v) is 1.97. The average molecular weight is 229 g/mol. The minimum atomic E-state index is -0.0235. The minimum absolute atomic E-state index is 0.0235. The van der Waals surface area contributed by atoms with Gasteiger partial charge in [-0.25, -0.2) is 0 Å². The minimum Gasteiger partial charge on any atom is -0.379 e. The first kappa shape index (κ1) is 13.4. The van der Waals surface area contributed by atoms with Crippen LogP contribution in [-0.2, 0) is 9.53 Å². The van der Waals surface area contributed by atoms with E-state index >= 15 is 0 Å². The van der Waals surface area contributed by atoms with Crippen LogP contribution < -0.4 is 10.6 Å². The monoisotopic (exact) mass is 229 g/mol. The van der Waals surface area contributed by atoms with Crippen LogP contribution in [0.25, 0.3) is 0 Å². The lowest BCUT2D eigenvalue weighted by Gasteiger charge is -2.23. The van der Waals surface area contributed by atoms with Gasteiger partial charge in [0.05, 0.1) is 19.1 Å². The Balaban J connectivity index is 2.37. The number of amides is 1. The number of hydrogen-bond donors (Lipinski definition) is 2. The zero-order valence-electron chi connectivity index (χ0n) is 10.5. The maximum atomic E-state index is 12.1. The molecule has 2 atom stereocenters. The van der Waals surface area contributed by atoms with E-state index in [1.54, 1.807) is 4.90 Å². The number of carbonyl (C=O) groups excluding carboxylic acids is 1. The Morgan fingerprint density at radius 2 is 2.19 bits per heavy atom. The average Bonchev–Trinajstić information content (AvgIpc) is 2.76. The van der Waals surface area contributed by atoms with Gasteiger partial charge in [0, 0.05) is 19.6 Å². The lowest BCUT2D eigenvalue weighted by atomic mass is 10.0. The summed E-state index contributed by atoms with van der Waals surface area (Å²) in [6, 6.07) is 0.166. The first-order valence-electron chi connectivity index (χ1n) is 5.85. The molecule has 5 heteroatoms. The van der Waals surface area contributed by atoms with Crippen molar-refractivity contribution in [2.24, 2.45) is 5.92 Å². The SMILES string of the molecule is CNCCCN(C)C(=O)C1COCC1NC. The van der Waals surface area contributed by atoms with E-state index in [1.807, 2.05) is 21.1 Å². The topological polar surface area (TPSA) is 53.6 Å². The number of rotatable bonds is 6. The smallest absolute Gasteiger partial charge is 0.229 e. The van der Waals surface area contributed by atoms with Crippen LogP contribution in [0.5, 0.6) is 0 Å². The fraction of sp³-hybridized carbons (Fsp3) is 0.909. The van der Waals surface area contributed by atoms with Gasteiger partial charge in [-0.1, -0.05) is 0 Å². The van der Waals surface area contributed by atoms with Gasteiger partial charge in [-0.05, 0) is 27.1 Å².